The zero-order valence-electron chi connectivity index (χ0n) is 10.7. The van der Waals surface area contributed by atoms with Gasteiger partial charge in [-0.3, -0.25) is 0 Å². The van der Waals surface area contributed by atoms with Gasteiger partial charge in [0.1, 0.15) is 11.9 Å². The molecule has 2 heterocycles. The van der Waals surface area contributed by atoms with Crippen LogP contribution in [-0.4, -0.2) is 32.4 Å². The van der Waals surface area contributed by atoms with Gasteiger partial charge in [-0.15, -0.1) is 0 Å². The number of benzene rings is 1. The molecule has 1 atom stereocenters. The number of hydrogen-bond donors (Lipinski definition) is 1. The summed E-state index contributed by atoms with van der Waals surface area (Å²) >= 11 is 0. The number of piperidine rings is 1. The van der Waals surface area contributed by atoms with E-state index < -0.39 is 0 Å². The Kier molecular flexibility index (Phi) is 3.52. The van der Waals surface area contributed by atoms with Crippen molar-refractivity contribution >= 4 is 0 Å². The zero-order valence-corrected chi connectivity index (χ0v) is 10.7. The van der Waals surface area contributed by atoms with Crippen molar-refractivity contribution < 1.29 is 9.47 Å². The summed E-state index contributed by atoms with van der Waals surface area (Å²) in [7, 11) is 0. The van der Waals surface area contributed by atoms with E-state index in [0.717, 1.165) is 38.5 Å². The Hall–Kier alpha value is -1.06. The molecule has 1 aromatic rings. The molecule has 2 aliphatic rings. The second-order valence-electron chi connectivity index (χ2n) is 5.52. The molecule has 1 unspecified atom stereocenters. The smallest absolute Gasteiger partial charge is 0.123 e. The minimum atomic E-state index is 0.208. The molecule has 1 N–H and O–H groups in total. The third kappa shape index (κ3) is 2.68. The lowest BCUT2D eigenvalue weighted by Gasteiger charge is -2.43. The average molecular weight is 247 g/mol. The van der Waals surface area contributed by atoms with Crippen LogP contribution in [0.4, 0.5) is 0 Å². The lowest BCUT2D eigenvalue weighted by Crippen LogP contribution is -2.47. The average Bonchev–Trinajstić information content (AvgIpc) is 2.41. The van der Waals surface area contributed by atoms with E-state index in [1.807, 2.05) is 30.3 Å². The molecule has 2 fully saturated rings. The first-order chi connectivity index (χ1) is 8.86. The molecule has 1 spiro atoms. The van der Waals surface area contributed by atoms with E-state index >= 15 is 0 Å². The zero-order chi connectivity index (χ0) is 12.3. The molecule has 2 saturated heterocycles. The van der Waals surface area contributed by atoms with E-state index in [1.54, 1.807) is 0 Å². The monoisotopic (exact) mass is 247 g/mol. The summed E-state index contributed by atoms with van der Waals surface area (Å²) in [6.07, 6.45) is 3.76. The van der Waals surface area contributed by atoms with Crippen molar-refractivity contribution in [3.63, 3.8) is 0 Å². The molecule has 18 heavy (non-hydrogen) atoms. The summed E-state index contributed by atoms with van der Waals surface area (Å²) in [4.78, 5) is 0. The fourth-order valence-electron chi connectivity index (χ4n) is 3.08. The van der Waals surface area contributed by atoms with E-state index in [0.29, 0.717) is 5.41 Å². The van der Waals surface area contributed by atoms with Crippen LogP contribution in [0.2, 0.25) is 0 Å². The quantitative estimate of drug-likeness (QED) is 0.869. The summed E-state index contributed by atoms with van der Waals surface area (Å²) in [5, 5.41) is 3.42. The lowest BCUT2D eigenvalue weighted by atomic mass is 9.74. The van der Waals surface area contributed by atoms with Crippen LogP contribution >= 0.6 is 0 Å². The van der Waals surface area contributed by atoms with Gasteiger partial charge in [-0.2, -0.15) is 0 Å². The standard InChI is InChI=1S/C15H21NO2/c1-2-4-13(5-3-1)18-14-10-15(12-17-11-14)6-8-16-9-7-15/h1-5,14,16H,6-12H2. The highest BCUT2D eigenvalue weighted by atomic mass is 16.5. The van der Waals surface area contributed by atoms with Gasteiger partial charge in [0.15, 0.2) is 0 Å². The van der Waals surface area contributed by atoms with E-state index in [-0.39, 0.29) is 6.10 Å². The second-order valence-corrected chi connectivity index (χ2v) is 5.52. The van der Waals surface area contributed by atoms with Gasteiger partial charge in [0.2, 0.25) is 0 Å². The lowest BCUT2D eigenvalue weighted by molar-refractivity contribution is -0.0822. The van der Waals surface area contributed by atoms with Crippen molar-refractivity contribution in [2.24, 2.45) is 5.41 Å². The molecule has 3 heteroatoms. The van der Waals surface area contributed by atoms with Crippen molar-refractivity contribution in [2.45, 2.75) is 25.4 Å². The predicted octanol–water partition coefficient (Wildman–Crippen LogP) is 2.22. The van der Waals surface area contributed by atoms with Crippen molar-refractivity contribution in [3.8, 4) is 5.75 Å². The van der Waals surface area contributed by atoms with Crippen LogP contribution in [-0.2, 0) is 4.74 Å². The maximum Gasteiger partial charge on any atom is 0.123 e. The first-order valence-electron chi connectivity index (χ1n) is 6.87. The van der Waals surface area contributed by atoms with Crippen LogP contribution in [0.25, 0.3) is 0 Å². The SMILES string of the molecule is c1ccc(OC2COCC3(CCNCC3)C2)cc1. The molecule has 98 valence electrons. The number of para-hydroxylation sites is 1. The molecule has 3 rings (SSSR count). The van der Waals surface area contributed by atoms with Gasteiger partial charge in [-0.05, 0) is 49.9 Å². The van der Waals surface area contributed by atoms with Crippen LogP contribution < -0.4 is 10.1 Å². The van der Waals surface area contributed by atoms with Crippen LogP contribution in [0, 0.1) is 5.41 Å². The van der Waals surface area contributed by atoms with Crippen LogP contribution in [0.1, 0.15) is 19.3 Å². The predicted molar refractivity (Wildman–Crippen MR) is 70.8 cm³/mol. The summed E-state index contributed by atoms with van der Waals surface area (Å²) in [5.74, 6) is 0.956. The number of ether oxygens (including phenoxy) is 2. The van der Waals surface area contributed by atoms with Gasteiger partial charge in [0.25, 0.3) is 0 Å². The first kappa shape index (κ1) is 12.0. The van der Waals surface area contributed by atoms with Gasteiger partial charge in [0, 0.05) is 0 Å². The Bertz CT molecular complexity index is 368. The van der Waals surface area contributed by atoms with Gasteiger partial charge in [0.05, 0.1) is 13.2 Å². The Morgan fingerprint density at radius 3 is 2.72 bits per heavy atom. The highest BCUT2D eigenvalue weighted by Crippen LogP contribution is 2.38. The molecule has 0 radical (unpaired) electrons. The van der Waals surface area contributed by atoms with Crippen molar-refractivity contribution in [3.05, 3.63) is 30.3 Å². The van der Waals surface area contributed by atoms with E-state index in [1.165, 1.54) is 12.8 Å². The first-order valence-corrected chi connectivity index (χ1v) is 6.87. The van der Waals surface area contributed by atoms with E-state index in [9.17, 15) is 0 Å². The van der Waals surface area contributed by atoms with Crippen LogP contribution in [0.3, 0.4) is 0 Å². The topological polar surface area (TPSA) is 30.5 Å². The molecule has 3 nitrogen and oxygen atoms in total. The third-order valence-corrected chi connectivity index (χ3v) is 4.08. The molecular formula is C15H21NO2. The van der Waals surface area contributed by atoms with E-state index in [4.69, 9.17) is 9.47 Å². The molecule has 0 saturated carbocycles. The number of nitrogens with one attached hydrogen (secondary N) is 1. The maximum atomic E-state index is 6.04. The van der Waals surface area contributed by atoms with Crippen molar-refractivity contribution in [1.29, 1.82) is 0 Å². The number of hydrogen-bond acceptors (Lipinski definition) is 3. The van der Waals surface area contributed by atoms with E-state index in [2.05, 4.69) is 5.32 Å². The highest BCUT2D eigenvalue weighted by Gasteiger charge is 2.38. The van der Waals surface area contributed by atoms with Gasteiger partial charge in [-0.25, -0.2) is 0 Å². The fourth-order valence-corrected chi connectivity index (χ4v) is 3.08. The van der Waals surface area contributed by atoms with Crippen LogP contribution in [0.15, 0.2) is 30.3 Å². The summed E-state index contributed by atoms with van der Waals surface area (Å²) in [6, 6.07) is 10.1. The Labute approximate surface area is 108 Å². The number of rotatable bonds is 2. The summed E-state index contributed by atoms with van der Waals surface area (Å²) in [5.41, 5.74) is 0.350. The van der Waals surface area contributed by atoms with Gasteiger partial charge in [-0.1, -0.05) is 18.2 Å². The molecule has 0 aliphatic carbocycles. The highest BCUT2D eigenvalue weighted by molar-refractivity contribution is 5.21. The largest absolute Gasteiger partial charge is 0.488 e. The minimum Gasteiger partial charge on any atom is -0.488 e. The normalized spacial score (nSPS) is 27.0. The molecule has 1 aromatic carbocycles. The molecule has 2 aliphatic heterocycles. The molecular weight excluding hydrogens is 226 g/mol. The Morgan fingerprint density at radius 2 is 1.94 bits per heavy atom. The fraction of sp³-hybridized carbons (Fsp3) is 0.600. The molecule has 0 bridgehead atoms. The van der Waals surface area contributed by atoms with Crippen molar-refractivity contribution in [2.75, 3.05) is 26.3 Å². The van der Waals surface area contributed by atoms with Gasteiger partial charge < -0.3 is 14.8 Å². The van der Waals surface area contributed by atoms with Crippen molar-refractivity contribution in [1.82, 2.24) is 5.32 Å². The summed E-state index contributed by atoms with van der Waals surface area (Å²) in [6.45, 7) is 3.86. The summed E-state index contributed by atoms with van der Waals surface area (Å²) < 4.78 is 11.8. The Balaban J connectivity index is 1.63. The Morgan fingerprint density at radius 1 is 1.17 bits per heavy atom. The minimum absolute atomic E-state index is 0.208. The molecule has 0 amide bonds. The maximum absolute atomic E-state index is 6.04. The third-order valence-electron chi connectivity index (χ3n) is 4.08. The molecule has 0 aromatic heterocycles. The second kappa shape index (κ2) is 5.29. The van der Waals surface area contributed by atoms with Gasteiger partial charge >= 0.3 is 0 Å². The van der Waals surface area contributed by atoms with Crippen LogP contribution in [0.5, 0.6) is 5.75 Å².